The van der Waals surface area contributed by atoms with E-state index in [1.807, 2.05) is 11.3 Å². The van der Waals surface area contributed by atoms with Crippen LogP contribution in [-0.4, -0.2) is 32.2 Å². The minimum Gasteiger partial charge on any atom is -0.371 e. The number of rotatable bonds is 4. The van der Waals surface area contributed by atoms with Crippen LogP contribution in [0.1, 0.15) is 41.9 Å². The molecule has 1 aromatic heterocycles. The Morgan fingerprint density at radius 1 is 0.962 bits per heavy atom. The summed E-state index contributed by atoms with van der Waals surface area (Å²) in [4.78, 5) is 5.52. The number of nitrogens with zero attached hydrogens (tertiary/aromatic N) is 2. The normalized spacial score (nSPS) is 29.0. The summed E-state index contributed by atoms with van der Waals surface area (Å²) in [6, 6.07) is 15.6. The first-order valence-corrected chi connectivity index (χ1v) is 10.6. The van der Waals surface area contributed by atoms with Crippen molar-refractivity contribution < 1.29 is 0 Å². The average molecular weight is 370 g/mol. The second kappa shape index (κ2) is 6.99. The fourth-order valence-electron chi connectivity index (χ4n) is 4.94. The maximum atomic E-state index is 3.80. The molecular formula is C22H31N3S. The number of hydrogen-bond donors (Lipinski definition) is 1. The van der Waals surface area contributed by atoms with Crippen molar-refractivity contribution in [2.24, 2.45) is 5.41 Å². The monoisotopic (exact) mass is 369 g/mol. The maximum absolute atomic E-state index is 3.80. The Bertz CT molecular complexity index is 729. The zero-order chi connectivity index (χ0) is 18.2. The molecule has 26 heavy (non-hydrogen) atoms. The highest BCUT2D eigenvalue weighted by Gasteiger charge is 2.47. The van der Waals surface area contributed by atoms with Gasteiger partial charge in [-0.05, 0) is 68.7 Å². The Morgan fingerprint density at radius 2 is 1.69 bits per heavy atom. The molecule has 4 heteroatoms. The van der Waals surface area contributed by atoms with E-state index in [-0.39, 0.29) is 5.54 Å². The van der Waals surface area contributed by atoms with E-state index in [2.05, 4.69) is 78.8 Å². The quantitative estimate of drug-likeness (QED) is 0.782. The van der Waals surface area contributed by atoms with Crippen molar-refractivity contribution in [1.29, 1.82) is 0 Å². The number of anilines is 1. The first kappa shape index (κ1) is 18.0. The molecule has 1 saturated heterocycles. The third-order valence-corrected chi connectivity index (χ3v) is 7.58. The summed E-state index contributed by atoms with van der Waals surface area (Å²) in [7, 11) is 4.25. The Balaban J connectivity index is 1.50. The largest absolute Gasteiger partial charge is 0.371 e. The lowest BCUT2D eigenvalue weighted by molar-refractivity contribution is 0.0664. The predicted octanol–water partition coefficient (Wildman–Crippen LogP) is 4.79. The number of benzene rings is 1. The van der Waals surface area contributed by atoms with E-state index in [4.69, 9.17) is 0 Å². The molecule has 1 N–H and O–H groups in total. The minimum atomic E-state index is 0.119. The van der Waals surface area contributed by atoms with E-state index in [0.717, 1.165) is 0 Å². The molecule has 0 bridgehead atoms. The molecule has 2 fully saturated rings. The second-order valence-corrected chi connectivity index (χ2v) is 9.79. The van der Waals surface area contributed by atoms with Crippen molar-refractivity contribution in [3.63, 3.8) is 0 Å². The zero-order valence-electron chi connectivity index (χ0n) is 16.3. The summed E-state index contributed by atoms with van der Waals surface area (Å²) in [6.45, 7) is 4.64. The molecule has 2 aliphatic rings. The van der Waals surface area contributed by atoms with Gasteiger partial charge in [0.05, 0.1) is 5.54 Å². The number of aryl methyl sites for hydroxylation is 1. The van der Waals surface area contributed by atoms with E-state index in [1.165, 1.54) is 60.6 Å². The van der Waals surface area contributed by atoms with E-state index in [1.54, 1.807) is 0 Å². The highest BCUT2D eigenvalue weighted by molar-refractivity contribution is 7.12. The van der Waals surface area contributed by atoms with Gasteiger partial charge in [-0.3, -0.25) is 0 Å². The fraction of sp³-hybridized carbons (Fsp3) is 0.545. The van der Waals surface area contributed by atoms with Gasteiger partial charge >= 0.3 is 0 Å². The molecule has 0 amide bonds. The van der Waals surface area contributed by atoms with Crippen LogP contribution >= 0.6 is 11.3 Å². The second-order valence-electron chi connectivity index (χ2n) is 8.51. The number of thiophene rings is 1. The van der Waals surface area contributed by atoms with Gasteiger partial charge in [-0.1, -0.05) is 18.2 Å². The van der Waals surface area contributed by atoms with Crippen LogP contribution < -0.4 is 10.3 Å². The molecule has 0 radical (unpaired) electrons. The molecule has 1 aromatic carbocycles. The van der Waals surface area contributed by atoms with Gasteiger partial charge in [0.2, 0.25) is 0 Å². The van der Waals surface area contributed by atoms with Crippen LogP contribution in [0.4, 0.5) is 5.69 Å². The van der Waals surface area contributed by atoms with Crippen LogP contribution in [0.25, 0.3) is 0 Å². The SMILES string of the molecule is Cc1ccc(C2(NN(C)C)CCC3(CCN(c4ccccc4)C3)CC2)s1. The summed E-state index contributed by atoms with van der Waals surface area (Å²) in [5, 5.41) is 2.15. The van der Waals surface area contributed by atoms with Crippen LogP contribution in [0.2, 0.25) is 0 Å². The van der Waals surface area contributed by atoms with Gasteiger partial charge in [0.15, 0.2) is 0 Å². The van der Waals surface area contributed by atoms with E-state index in [9.17, 15) is 0 Å². The lowest BCUT2D eigenvalue weighted by Crippen LogP contribution is -2.52. The van der Waals surface area contributed by atoms with Crippen LogP contribution in [0.15, 0.2) is 42.5 Å². The van der Waals surface area contributed by atoms with E-state index >= 15 is 0 Å². The number of nitrogens with one attached hydrogen (secondary N) is 1. The van der Waals surface area contributed by atoms with Gasteiger partial charge in [-0.2, -0.15) is 0 Å². The van der Waals surface area contributed by atoms with Gasteiger partial charge in [-0.15, -0.1) is 11.3 Å². The maximum Gasteiger partial charge on any atom is 0.0667 e. The zero-order valence-corrected chi connectivity index (χ0v) is 17.1. The molecular weight excluding hydrogens is 338 g/mol. The molecule has 4 rings (SSSR count). The molecule has 140 valence electrons. The molecule has 1 spiro atoms. The van der Waals surface area contributed by atoms with Gasteiger partial charge in [0, 0.05) is 42.6 Å². The smallest absolute Gasteiger partial charge is 0.0667 e. The van der Waals surface area contributed by atoms with Crippen molar-refractivity contribution in [2.45, 2.75) is 44.6 Å². The van der Waals surface area contributed by atoms with Crippen molar-refractivity contribution in [3.05, 3.63) is 52.2 Å². The Hall–Kier alpha value is -1.36. The standard InChI is InChI=1S/C22H31N3S/c1-18-9-10-20(26-18)22(23-24(2)3)13-11-21(12-14-22)15-16-25(17-21)19-7-5-4-6-8-19/h4-10,23H,11-17H2,1-3H3. The van der Waals surface area contributed by atoms with Crippen molar-refractivity contribution in [3.8, 4) is 0 Å². The number of hydrogen-bond acceptors (Lipinski definition) is 4. The molecule has 1 saturated carbocycles. The summed E-state index contributed by atoms with van der Waals surface area (Å²) in [5.74, 6) is 0. The summed E-state index contributed by atoms with van der Waals surface area (Å²) in [5.41, 5.74) is 5.81. The molecule has 0 atom stereocenters. The molecule has 0 unspecified atom stereocenters. The van der Waals surface area contributed by atoms with Gasteiger partial charge < -0.3 is 4.90 Å². The molecule has 1 aliphatic heterocycles. The van der Waals surface area contributed by atoms with Crippen LogP contribution in [-0.2, 0) is 5.54 Å². The third-order valence-electron chi connectivity index (χ3n) is 6.37. The van der Waals surface area contributed by atoms with Crippen LogP contribution in [0.3, 0.4) is 0 Å². The Labute approximate surface area is 162 Å². The summed E-state index contributed by atoms with van der Waals surface area (Å²) >= 11 is 1.96. The highest BCUT2D eigenvalue weighted by Crippen LogP contribution is 2.51. The number of para-hydroxylation sites is 1. The summed E-state index contributed by atoms with van der Waals surface area (Å²) < 4.78 is 0. The van der Waals surface area contributed by atoms with Crippen molar-refractivity contribution >= 4 is 17.0 Å². The first-order chi connectivity index (χ1) is 12.5. The lowest BCUT2D eigenvalue weighted by atomic mass is 9.66. The fourth-order valence-corrected chi connectivity index (χ4v) is 6.01. The minimum absolute atomic E-state index is 0.119. The topological polar surface area (TPSA) is 18.5 Å². The average Bonchev–Trinajstić information content (AvgIpc) is 3.25. The van der Waals surface area contributed by atoms with Gasteiger partial charge in [-0.25, -0.2) is 10.4 Å². The molecule has 3 nitrogen and oxygen atoms in total. The van der Waals surface area contributed by atoms with Gasteiger partial charge in [0.1, 0.15) is 0 Å². The molecule has 2 aromatic rings. The molecule has 1 aliphatic carbocycles. The molecule has 2 heterocycles. The Morgan fingerprint density at radius 3 is 2.31 bits per heavy atom. The first-order valence-electron chi connectivity index (χ1n) is 9.83. The number of hydrazine groups is 1. The van der Waals surface area contributed by atoms with Crippen LogP contribution in [0.5, 0.6) is 0 Å². The summed E-state index contributed by atoms with van der Waals surface area (Å²) in [6.07, 6.45) is 6.42. The van der Waals surface area contributed by atoms with Crippen molar-refractivity contribution in [2.75, 3.05) is 32.1 Å². The highest BCUT2D eigenvalue weighted by atomic mass is 32.1. The van der Waals surface area contributed by atoms with Gasteiger partial charge in [0.25, 0.3) is 0 Å². The predicted molar refractivity (Wildman–Crippen MR) is 112 cm³/mol. The van der Waals surface area contributed by atoms with E-state index < -0.39 is 0 Å². The van der Waals surface area contributed by atoms with Crippen molar-refractivity contribution in [1.82, 2.24) is 10.4 Å². The lowest BCUT2D eigenvalue weighted by Gasteiger charge is -2.46. The Kier molecular flexibility index (Phi) is 4.84. The van der Waals surface area contributed by atoms with Crippen LogP contribution in [0, 0.1) is 12.3 Å². The van der Waals surface area contributed by atoms with E-state index in [0.29, 0.717) is 5.41 Å². The third kappa shape index (κ3) is 3.42.